The van der Waals surface area contributed by atoms with Gasteiger partial charge in [0.25, 0.3) is 5.69 Å². The van der Waals surface area contributed by atoms with E-state index in [9.17, 15) is 14.9 Å². The number of non-ortho nitro benzene ring substituents is 1. The number of carbonyl (C=O) groups is 1. The summed E-state index contributed by atoms with van der Waals surface area (Å²) in [6, 6.07) is 5.74. The van der Waals surface area contributed by atoms with Gasteiger partial charge in [0, 0.05) is 17.4 Å². The highest BCUT2D eigenvalue weighted by Gasteiger charge is 2.59. The molecule has 0 radical (unpaired) electrons. The summed E-state index contributed by atoms with van der Waals surface area (Å²) in [5.41, 5.74) is 2.36. The van der Waals surface area contributed by atoms with Crippen LogP contribution in [0.25, 0.3) is 0 Å². The van der Waals surface area contributed by atoms with E-state index < -0.39 is 4.92 Å². The number of nitro groups is 1. The van der Waals surface area contributed by atoms with E-state index in [0.717, 1.165) is 54.8 Å². The van der Waals surface area contributed by atoms with E-state index in [0.29, 0.717) is 11.2 Å². The van der Waals surface area contributed by atoms with Crippen LogP contribution in [-0.2, 0) is 0 Å². The van der Waals surface area contributed by atoms with Crippen molar-refractivity contribution in [2.24, 2.45) is 46.3 Å². The van der Waals surface area contributed by atoms with Gasteiger partial charge in [-0.25, -0.2) is 4.79 Å². The average molecular weight is 568 g/mol. The molecule has 0 aromatic heterocycles. The first-order valence-corrected chi connectivity index (χ1v) is 16.7. The second-order valence-corrected chi connectivity index (χ2v) is 15.6. The number of nitrogens with zero attached hydrogens (tertiary/aromatic N) is 1. The average Bonchev–Trinajstić information content (AvgIpc) is 3.26. The molecule has 0 amide bonds. The molecule has 1 aromatic carbocycles. The van der Waals surface area contributed by atoms with Crippen LogP contribution in [0.5, 0.6) is 5.75 Å². The monoisotopic (exact) mass is 567 g/mol. The van der Waals surface area contributed by atoms with E-state index in [1.54, 1.807) is 5.57 Å². The molecule has 0 aliphatic heterocycles. The highest BCUT2D eigenvalue weighted by molar-refractivity contribution is 8.13. The standard InChI is InChI=1S/C34H49NO4S/c1-22(2)7-6-8-23(3)29-15-16-30-28-14-9-24-21-27(17-19-33(24,4)31(28)18-20-34(29,30)5)40-32(36)39-26-12-10-25(11-13-26)35(37)38/h9-13,22-23,27-31H,6-8,14-21H2,1-5H3/t23-,27-,28-,29+,30+,31+,33-,34+/m0/s1. The van der Waals surface area contributed by atoms with Gasteiger partial charge in [0.1, 0.15) is 5.75 Å². The molecule has 1 aromatic rings. The van der Waals surface area contributed by atoms with Crippen molar-refractivity contribution in [1.29, 1.82) is 0 Å². The van der Waals surface area contributed by atoms with Crippen molar-refractivity contribution < 1.29 is 14.5 Å². The minimum atomic E-state index is -0.449. The zero-order valence-corrected chi connectivity index (χ0v) is 26.0. The quantitative estimate of drug-likeness (QED) is 0.135. The fourth-order valence-electron chi connectivity index (χ4n) is 9.64. The van der Waals surface area contributed by atoms with Crippen molar-refractivity contribution >= 4 is 22.8 Å². The van der Waals surface area contributed by atoms with Gasteiger partial charge in [0.15, 0.2) is 0 Å². The third kappa shape index (κ3) is 5.76. The van der Waals surface area contributed by atoms with Crippen molar-refractivity contribution in [3.05, 3.63) is 46.0 Å². The van der Waals surface area contributed by atoms with Crippen LogP contribution in [0.3, 0.4) is 0 Å². The third-order valence-corrected chi connectivity index (χ3v) is 12.8. The van der Waals surface area contributed by atoms with Gasteiger partial charge in [0.05, 0.1) is 4.92 Å². The molecule has 0 spiro atoms. The molecule has 40 heavy (non-hydrogen) atoms. The molecule has 0 bridgehead atoms. The number of benzene rings is 1. The summed E-state index contributed by atoms with van der Waals surface area (Å²) in [5.74, 6) is 5.36. The summed E-state index contributed by atoms with van der Waals surface area (Å²) in [5, 5.41) is 10.8. The summed E-state index contributed by atoms with van der Waals surface area (Å²) in [6.45, 7) is 12.5. The summed E-state index contributed by atoms with van der Waals surface area (Å²) in [7, 11) is 0. The van der Waals surface area contributed by atoms with Crippen LogP contribution in [0.4, 0.5) is 10.5 Å². The molecule has 0 unspecified atom stereocenters. The molecule has 4 aliphatic carbocycles. The lowest BCUT2D eigenvalue weighted by Crippen LogP contribution is -2.50. The molecular weight excluding hydrogens is 518 g/mol. The molecule has 0 heterocycles. The van der Waals surface area contributed by atoms with Crippen molar-refractivity contribution in [2.75, 3.05) is 0 Å². The third-order valence-electron chi connectivity index (χ3n) is 11.8. The summed E-state index contributed by atoms with van der Waals surface area (Å²) in [4.78, 5) is 23.1. The molecule has 0 saturated heterocycles. The van der Waals surface area contributed by atoms with E-state index in [1.807, 2.05) is 0 Å². The fourth-order valence-corrected chi connectivity index (χ4v) is 10.6. The lowest BCUT2D eigenvalue weighted by molar-refractivity contribution is -0.384. The zero-order chi connectivity index (χ0) is 28.7. The molecule has 8 atom stereocenters. The Morgan fingerprint density at radius 2 is 1.80 bits per heavy atom. The topological polar surface area (TPSA) is 69.4 Å². The van der Waals surface area contributed by atoms with Gasteiger partial charge in [-0.2, -0.15) is 0 Å². The van der Waals surface area contributed by atoms with Gasteiger partial charge in [0.2, 0.25) is 0 Å². The second kappa shape index (κ2) is 11.8. The van der Waals surface area contributed by atoms with Crippen LogP contribution in [0.15, 0.2) is 35.9 Å². The van der Waals surface area contributed by atoms with Crippen molar-refractivity contribution in [3.8, 4) is 5.75 Å². The highest BCUT2D eigenvalue weighted by atomic mass is 32.2. The maximum Gasteiger partial charge on any atom is 0.372 e. The number of carbonyl (C=O) groups excluding carboxylic acids is 1. The largest absolute Gasteiger partial charge is 0.418 e. The number of nitro benzene ring substituents is 1. The lowest BCUT2D eigenvalue weighted by Gasteiger charge is -2.58. The fraction of sp³-hybridized carbons (Fsp3) is 0.735. The van der Waals surface area contributed by atoms with E-state index in [-0.39, 0.29) is 21.7 Å². The molecule has 5 nitrogen and oxygen atoms in total. The van der Waals surface area contributed by atoms with E-state index >= 15 is 0 Å². The number of rotatable bonds is 8. The number of thioether (sulfide) groups is 1. The molecule has 220 valence electrons. The van der Waals surface area contributed by atoms with Crippen LogP contribution in [0.2, 0.25) is 0 Å². The van der Waals surface area contributed by atoms with E-state index in [4.69, 9.17) is 4.74 Å². The SMILES string of the molecule is CC(C)CCC[C@H](C)[C@H]1CC[C@@H]2[C@@H]3CC=C4C[C@@H](SC(=O)Oc5ccc([N+](=O)[O-])cc5)CC[C@]4(C)[C@@H]3CC[C@@]21C. The molecule has 6 heteroatoms. The number of hydrogen-bond acceptors (Lipinski definition) is 5. The number of allylic oxidation sites excluding steroid dienone is 2. The van der Waals surface area contributed by atoms with E-state index in [1.165, 1.54) is 87.4 Å². The van der Waals surface area contributed by atoms with Crippen LogP contribution < -0.4 is 4.74 Å². The Bertz CT molecular complexity index is 1120. The van der Waals surface area contributed by atoms with Gasteiger partial charge in [-0.3, -0.25) is 10.1 Å². The number of ether oxygens (including phenoxy) is 1. The molecule has 4 aliphatic rings. The number of fused-ring (bicyclic) bond motifs is 5. The predicted molar refractivity (Wildman–Crippen MR) is 164 cm³/mol. The Kier molecular flexibility index (Phi) is 8.76. The second-order valence-electron chi connectivity index (χ2n) is 14.4. The van der Waals surface area contributed by atoms with Crippen molar-refractivity contribution in [2.45, 2.75) is 110 Å². The Hall–Kier alpha value is -1.82. The van der Waals surface area contributed by atoms with Crippen LogP contribution in [-0.4, -0.2) is 15.5 Å². The Labute approximate surface area is 245 Å². The molecule has 3 fully saturated rings. The minimum Gasteiger partial charge on any atom is -0.418 e. The van der Waals surface area contributed by atoms with Crippen molar-refractivity contribution in [1.82, 2.24) is 0 Å². The maximum absolute atomic E-state index is 12.7. The number of hydrogen-bond donors (Lipinski definition) is 0. The van der Waals surface area contributed by atoms with Crippen LogP contribution in [0.1, 0.15) is 105 Å². The first-order chi connectivity index (χ1) is 19.0. The summed E-state index contributed by atoms with van der Waals surface area (Å²) >= 11 is 1.30. The van der Waals surface area contributed by atoms with Gasteiger partial charge in [-0.05, 0) is 122 Å². The first-order valence-electron chi connectivity index (χ1n) is 15.8. The van der Waals surface area contributed by atoms with Crippen LogP contribution >= 0.6 is 11.8 Å². The Balaban J connectivity index is 1.20. The molecule has 0 N–H and O–H groups in total. The van der Waals surface area contributed by atoms with Gasteiger partial charge >= 0.3 is 5.30 Å². The van der Waals surface area contributed by atoms with Gasteiger partial charge in [-0.15, -0.1) is 0 Å². The van der Waals surface area contributed by atoms with Crippen molar-refractivity contribution in [3.63, 3.8) is 0 Å². The molecule has 3 saturated carbocycles. The van der Waals surface area contributed by atoms with E-state index in [2.05, 4.69) is 40.7 Å². The Morgan fingerprint density at radius 1 is 1.05 bits per heavy atom. The van der Waals surface area contributed by atoms with Gasteiger partial charge in [-0.1, -0.05) is 65.5 Å². The molecular formula is C34H49NO4S. The lowest BCUT2D eigenvalue weighted by atomic mass is 9.47. The first kappa shape index (κ1) is 29.7. The maximum atomic E-state index is 12.7. The normalized spacial score (nSPS) is 35.8. The minimum absolute atomic E-state index is 0.00569. The smallest absolute Gasteiger partial charge is 0.372 e. The Morgan fingerprint density at radius 3 is 2.50 bits per heavy atom. The predicted octanol–water partition coefficient (Wildman–Crippen LogP) is 10.2. The summed E-state index contributed by atoms with van der Waals surface area (Å²) < 4.78 is 5.50. The summed E-state index contributed by atoms with van der Waals surface area (Å²) in [6.07, 6.45) is 16.7. The van der Waals surface area contributed by atoms with Gasteiger partial charge < -0.3 is 4.74 Å². The molecule has 5 rings (SSSR count). The van der Waals surface area contributed by atoms with Crippen LogP contribution in [0, 0.1) is 56.5 Å². The highest BCUT2D eigenvalue weighted by Crippen LogP contribution is 2.67. The zero-order valence-electron chi connectivity index (χ0n) is 25.2.